The molecule has 0 saturated heterocycles. The van der Waals surface area contributed by atoms with Gasteiger partial charge in [0.25, 0.3) is 0 Å². The summed E-state index contributed by atoms with van der Waals surface area (Å²) in [6.45, 7) is 23.6. The van der Waals surface area contributed by atoms with Crippen molar-refractivity contribution in [2.24, 2.45) is 53.3 Å². The normalized spacial score (nSPS) is 22.9. The Morgan fingerprint density at radius 3 is 2.11 bits per heavy atom. The van der Waals surface area contributed by atoms with Gasteiger partial charge in [-0.1, -0.05) is 151 Å². The van der Waals surface area contributed by atoms with Gasteiger partial charge < -0.3 is 0 Å². The van der Waals surface area contributed by atoms with E-state index in [1.54, 1.807) is 0 Å². The van der Waals surface area contributed by atoms with Crippen molar-refractivity contribution in [3.63, 3.8) is 0 Å². The quantitative estimate of drug-likeness (QED) is 0.0866. The molecular formula is C53H90O4. The fourth-order valence-corrected chi connectivity index (χ4v) is 11.4. The van der Waals surface area contributed by atoms with Gasteiger partial charge in [-0.2, -0.15) is 0 Å². The van der Waals surface area contributed by atoms with Crippen LogP contribution in [0.25, 0.3) is 0 Å². The van der Waals surface area contributed by atoms with Gasteiger partial charge in [0.2, 0.25) is 0 Å². The number of hydrogen-bond acceptors (Lipinski definition) is 4. The van der Waals surface area contributed by atoms with Crippen LogP contribution < -0.4 is 0 Å². The maximum Gasteiger partial charge on any atom is 0.163 e. The summed E-state index contributed by atoms with van der Waals surface area (Å²) in [5.41, 5.74) is 3.94. The van der Waals surface area contributed by atoms with Crippen molar-refractivity contribution in [2.75, 3.05) is 0 Å². The van der Waals surface area contributed by atoms with Crippen molar-refractivity contribution in [2.45, 2.75) is 224 Å². The molecule has 0 aromatic heterocycles. The summed E-state index contributed by atoms with van der Waals surface area (Å²) in [6.07, 6.45) is 24.6. The summed E-state index contributed by atoms with van der Waals surface area (Å²) in [4.78, 5) is 51.3. The minimum Gasteiger partial charge on any atom is -0.300 e. The fraction of sp³-hybridized carbons (Fsp3) is 0.811. The van der Waals surface area contributed by atoms with Crippen molar-refractivity contribution in [1.29, 1.82) is 0 Å². The summed E-state index contributed by atoms with van der Waals surface area (Å²) >= 11 is 0. The first-order chi connectivity index (χ1) is 27.3. The van der Waals surface area contributed by atoms with Gasteiger partial charge in [-0.05, 0) is 123 Å². The van der Waals surface area contributed by atoms with E-state index < -0.39 is 0 Å². The van der Waals surface area contributed by atoms with E-state index in [0.717, 1.165) is 103 Å². The Kier molecular flexibility index (Phi) is 24.7. The van der Waals surface area contributed by atoms with Crippen LogP contribution in [0.2, 0.25) is 0 Å². The van der Waals surface area contributed by atoms with Crippen molar-refractivity contribution < 1.29 is 19.2 Å². The van der Waals surface area contributed by atoms with Crippen molar-refractivity contribution in [3.8, 4) is 0 Å². The molecule has 2 fully saturated rings. The maximum atomic E-state index is 13.6. The SMILES string of the molecule is CCC.CCCC(CC1CC(=O)c2c(ccc(CC(=O)CCCCC(CC)C3CCC4CCCC4C3CC)c2C)C1)C(CC)C(=O)CC(C)=O.CCCCC(C)C. The van der Waals surface area contributed by atoms with Crippen LogP contribution in [-0.2, 0) is 27.2 Å². The molecule has 4 nitrogen and oxygen atoms in total. The molecule has 4 heteroatoms. The van der Waals surface area contributed by atoms with Gasteiger partial charge >= 0.3 is 0 Å². The lowest BCUT2D eigenvalue weighted by Crippen LogP contribution is -2.35. The minimum absolute atomic E-state index is 0.0195. The molecule has 1 aromatic rings. The molecule has 3 aliphatic carbocycles. The molecule has 1 aromatic carbocycles. The molecule has 0 bridgehead atoms. The van der Waals surface area contributed by atoms with Gasteiger partial charge in [0.05, 0.1) is 6.42 Å². The third kappa shape index (κ3) is 16.5. The zero-order valence-corrected chi connectivity index (χ0v) is 39.2. The molecule has 8 atom stereocenters. The van der Waals surface area contributed by atoms with Crippen LogP contribution in [-0.4, -0.2) is 23.1 Å². The van der Waals surface area contributed by atoms with Crippen LogP contribution in [0.5, 0.6) is 0 Å². The lowest BCUT2D eigenvalue weighted by Gasteiger charge is -2.43. The highest BCUT2D eigenvalue weighted by Crippen LogP contribution is 2.52. The van der Waals surface area contributed by atoms with Gasteiger partial charge in [0.15, 0.2) is 5.78 Å². The first-order valence-electron chi connectivity index (χ1n) is 24.5. The predicted octanol–water partition coefficient (Wildman–Crippen LogP) is 14.9. The van der Waals surface area contributed by atoms with Crippen molar-refractivity contribution in [3.05, 3.63) is 34.4 Å². The molecular weight excluding hydrogens is 701 g/mol. The second kappa shape index (κ2) is 27.6. The van der Waals surface area contributed by atoms with Crippen LogP contribution in [0.4, 0.5) is 0 Å². The topological polar surface area (TPSA) is 68.3 Å². The van der Waals surface area contributed by atoms with Crippen LogP contribution in [0.3, 0.4) is 0 Å². The lowest BCUT2D eigenvalue weighted by molar-refractivity contribution is -0.130. The third-order valence-corrected chi connectivity index (χ3v) is 14.2. The van der Waals surface area contributed by atoms with Crippen LogP contribution in [0.1, 0.15) is 231 Å². The largest absolute Gasteiger partial charge is 0.300 e. The zero-order valence-electron chi connectivity index (χ0n) is 39.2. The molecule has 0 radical (unpaired) electrons. The first kappa shape index (κ1) is 51.0. The van der Waals surface area contributed by atoms with E-state index in [1.165, 1.54) is 84.0 Å². The van der Waals surface area contributed by atoms with Gasteiger partial charge in [-0.25, -0.2) is 0 Å². The Hall–Kier alpha value is -2.10. The van der Waals surface area contributed by atoms with Crippen molar-refractivity contribution in [1.82, 2.24) is 0 Å². The van der Waals surface area contributed by atoms with Crippen LogP contribution in [0, 0.1) is 60.2 Å². The summed E-state index contributed by atoms with van der Waals surface area (Å²) < 4.78 is 0. The van der Waals surface area contributed by atoms with Gasteiger partial charge in [0.1, 0.15) is 17.3 Å². The third-order valence-electron chi connectivity index (χ3n) is 14.2. The highest BCUT2D eigenvalue weighted by molar-refractivity contribution is 6.01. The van der Waals surface area contributed by atoms with Gasteiger partial charge in [0, 0.05) is 30.7 Å². The minimum atomic E-state index is -0.112. The van der Waals surface area contributed by atoms with Crippen LogP contribution in [0.15, 0.2) is 12.1 Å². The van der Waals surface area contributed by atoms with Crippen molar-refractivity contribution >= 4 is 23.1 Å². The lowest BCUT2D eigenvalue weighted by atomic mass is 9.62. The van der Waals surface area contributed by atoms with E-state index in [1.807, 2.05) is 13.8 Å². The van der Waals surface area contributed by atoms with E-state index in [9.17, 15) is 19.2 Å². The highest BCUT2D eigenvalue weighted by atomic mass is 16.1. The Labute approximate surface area is 352 Å². The van der Waals surface area contributed by atoms with Crippen LogP contribution >= 0.6 is 0 Å². The Morgan fingerprint density at radius 2 is 1.53 bits per heavy atom. The number of rotatable bonds is 22. The molecule has 8 unspecified atom stereocenters. The summed E-state index contributed by atoms with van der Waals surface area (Å²) in [7, 11) is 0. The molecule has 0 N–H and O–H groups in total. The Morgan fingerprint density at radius 1 is 0.807 bits per heavy atom. The molecule has 0 spiro atoms. The standard InChI is InChI=1S/C43H66O4.C7H16.C3H8/c1-7-14-34(37(9-3)41(46)23-28(5)44)24-30-25-35-20-19-33(29(6)43(35)42(47)26-30)27-36(45)17-12-11-15-31(8-2)40-22-21-32-16-13-18-39(32)38(40)10-4;1-4-5-6-7(2)3;1-3-2/h19-20,30-32,34,37-40H,7-18,21-27H2,1-6H3;7H,4-6H2,1-3H3;3H2,1-2H3. The monoisotopic (exact) mass is 791 g/mol. The molecule has 4 rings (SSSR count). The molecule has 2 saturated carbocycles. The second-order valence-corrected chi connectivity index (χ2v) is 19.3. The van der Waals surface area contributed by atoms with E-state index in [2.05, 4.69) is 67.5 Å². The van der Waals surface area contributed by atoms with E-state index >= 15 is 0 Å². The smallest absolute Gasteiger partial charge is 0.163 e. The molecule has 326 valence electrons. The fourth-order valence-electron chi connectivity index (χ4n) is 11.4. The number of benzene rings is 1. The molecule has 57 heavy (non-hydrogen) atoms. The number of carbonyl (C=O) groups is 4. The second-order valence-electron chi connectivity index (χ2n) is 19.3. The Balaban J connectivity index is 0.000000997. The molecule has 0 heterocycles. The number of Topliss-reactive ketones (excluding diaryl/α,β-unsaturated/α-hetero) is 4. The van der Waals surface area contributed by atoms with E-state index in [4.69, 9.17) is 0 Å². The summed E-state index contributed by atoms with van der Waals surface area (Å²) in [6, 6.07) is 4.19. The van der Waals surface area contributed by atoms with E-state index in [-0.39, 0.29) is 41.5 Å². The Bertz CT molecular complexity index is 1340. The maximum absolute atomic E-state index is 13.6. The predicted molar refractivity (Wildman–Crippen MR) is 243 cm³/mol. The highest BCUT2D eigenvalue weighted by Gasteiger charge is 2.42. The first-order valence-corrected chi connectivity index (χ1v) is 24.5. The number of fused-ring (bicyclic) bond motifs is 2. The molecule has 0 aliphatic heterocycles. The number of unbranched alkanes of at least 4 members (excludes halogenated alkanes) is 2. The average Bonchev–Trinajstić information content (AvgIpc) is 3.65. The zero-order chi connectivity index (χ0) is 42.5. The van der Waals surface area contributed by atoms with Gasteiger partial charge in [-0.15, -0.1) is 0 Å². The number of ketones is 4. The molecule has 0 amide bonds. The molecule has 3 aliphatic rings. The average molecular weight is 791 g/mol. The van der Waals surface area contributed by atoms with Gasteiger partial charge in [-0.3, -0.25) is 19.2 Å². The number of hydrogen-bond donors (Lipinski definition) is 0. The van der Waals surface area contributed by atoms with E-state index in [0.29, 0.717) is 25.0 Å². The number of carbonyl (C=O) groups excluding carboxylic acids is 4. The summed E-state index contributed by atoms with van der Waals surface area (Å²) in [5, 5.41) is 0. The summed E-state index contributed by atoms with van der Waals surface area (Å²) in [5.74, 6) is 6.27.